The lowest BCUT2D eigenvalue weighted by Gasteiger charge is -2.09. The molecule has 0 amide bonds. The number of hydrogen-bond acceptors (Lipinski definition) is 8. The summed E-state index contributed by atoms with van der Waals surface area (Å²) in [5, 5.41) is 20.6. The minimum atomic E-state index is -0.297. The van der Waals surface area contributed by atoms with Gasteiger partial charge in [-0.2, -0.15) is 15.3 Å². The van der Waals surface area contributed by atoms with Crippen LogP contribution in [0.5, 0.6) is 5.75 Å². The van der Waals surface area contributed by atoms with Crippen molar-refractivity contribution in [1.29, 1.82) is 0 Å². The second-order valence-corrected chi connectivity index (χ2v) is 12.2. The van der Waals surface area contributed by atoms with Crippen molar-refractivity contribution in [3.05, 3.63) is 106 Å². The highest BCUT2D eigenvalue weighted by atomic mass is 32.1. The fraction of sp³-hybridized carbons (Fsp3) is 0.257. The summed E-state index contributed by atoms with van der Waals surface area (Å²) >= 11 is 1.65. The molecule has 0 saturated carbocycles. The molecule has 1 N–H and O–H groups in total. The van der Waals surface area contributed by atoms with Gasteiger partial charge >= 0.3 is 0 Å². The van der Waals surface area contributed by atoms with E-state index >= 15 is 0 Å². The summed E-state index contributed by atoms with van der Waals surface area (Å²) in [6.45, 7) is 8.52. The summed E-state index contributed by atoms with van der Waals surface area (Å²) in [4.78, 5) is 27.4. The normalized spacial score (nSPS) is 11.7. The summed E-state index contributed by atoms with van der Waals surface area (Å²) in [5.41, 5.74) is 3.70. The van der Waals surface area contributed by atoms with Crippen LogP contribution in [0.15, 0.2) is 110 Å². The molecule has 0 bridgehead atoms. The van der Waals surface area contributed by atoms with Gasteiger partial charge in [0.1, 0.15) is 11.4 Å². The van der Waals surface area contributed by atoms with Crippen LogP contribution in [0, 0.1) is 5.92 Å². The summed E-state index contributed by atoms with van der Waals surface area (Å²) in [7, 11) is 0. The highest BCUT2D eigenvalue weighted by Crippen LogP contribution is 2.34. The number of rotatable bonds is 13. The number of hydrogen-bond donors (Lipinski definition) is 1. The Balaban J connectivity index is 1.40. The number of thiophene rings is 1. The molecule has 0 saturated heterocycles. The Bertz CT molecular complexity index is 1850. The first-order chi connectivity index (χ1) is 21.8. The Labute approximate surface area is 266 Å². The van der Waals surface area contributed by atoms with Gasteiger partial charge in [0.2, 0.25) is 0 Å². The second kappa shape index (κ2) is 14.7. The van der Waals surface area contributed by atoms with E-state index in [1.54, 1.807) is 59.9 Å². The SMILES string of the molecule is CCCCc1ccc(-c2[nH]n(-c3ccc(OCC(C)C)cc3)c(=O)c2N=Nc2ccc(N=Nc3ccc(C(C)=O)cc3)cc2)s1. The molecule has 0 spiro atoms. The Kier molecular flexibility index (Phi) is 10.3. The molecule has 9 nitrogen and oxygen atoms in total. The Hall–Kier alpha value is -4.96. The molecule has 0 aliphatic carbocycles. The lowest BCUT2D eigenvalue weighted by Crippen LogP contribution is -2.14. The van der Waals surface area contributed by atoms with Crippen LogP contribution in [0.2, 0.25) is 0 Å². The van der Waals surface area contributed by atoms with Crippen LogP contribution in [-0.2, 0) is 6.42 Å². The van der Waals surface area contributed by atoms with E-state index in [0.717, 1.165) is 29.9 Å². The maximum Gasteiger partial charge on any atom is 0.299 e. The topological polar surface area (TPSA) is 114 Å². The number of ketones is 1. The second-order valence-electron chi connectivity index (χ2n) is 11.1. The fourth-order valence-corrected chi connectivity index (χ4v) is 5.44. The Morgan fingerprint density at radius 2 is 1.44 bits per heavy atom. The Morgan fingerprint density at radius 3 is 2.02 bits per heavy atom. The lowest BCUT2D eigenvalue weighted by molar-refractivity contribution is 0.101. The third-order valence-corrected chi connectivity index (χ3v) is 8.06. The molecule has 5 aromatic rings. The highest BCUT2D eigenvalue weighted by molar-refractivity contribution is 7.15. The zero-order valence-corrected chi connectivity index (χ0v) is 26.7. The first-order valence-electron chi connectivity index (χ1n) is 15.0. The van der Waals surface area contributed by atoms with Crippen LogP contribution in [-0.4, -0.2) is 22.2 Å². The average Bonchev–Trinajstić information content (AvgIpc) is 3.65. The predicted molar refractivity (Wildman–Crippen MR) is 180 cm³/mol. The molecule has 2 aromatic heterocycles. The number of aromatic nitrogens is 2. The van der Waals surface area contributed by atoms with Gasteiger partial charge in [-0.25, -0.2) is 4.68 Å². The zero-order chi connectivity index (χ0) is 31.8. The number of ether oxygens (including phenoxy) is 1. The average molecular weight is 621 g/mol. The molecular weight excluding hydrogens is 584 g/mol. The molecule has 0 radical (unpaired) electrons. The predicted octanol–water partition coefficient (Wildman–Crippen LogP) is 10.3. The van der Waals surface area contributed by atoms with Gasteiger partial charge in [0.25, 0.3) is 5.56 Å². The number of nitrogens with zero attached hydrogens (tertiary/aromatic N) is 5. The molecule has 45 heavy (non-hydrogen) atoms. The molecule has 3 aromatic carbocycles. The van der Waals surface area contributed by atoms with E-state index < -0.39 is 0 Å². The van der Waals surface area contributed by atoms with E-state index in [-0.39, 0.29) is 17.0 Å². The number of benzene rings is 3. The maximum absolute atomic E-state index is 13.7. The van der Waals surface area contributed by atoms with Crippen molar-refractivity contribution < 1.29 is 9.53 Å². The molecule has 230 valence electrons. The molecule has 2 heterocycles. The number of carbonyl (C=O) groups excluding carboxylic acids is 1. The quantitative estimate of drug-likeness (QED) is 0.104. The van der Waals surface area contributed by atoms with Crippen LogP contribution in [0.3, 0.4) is 0 Å². The minimum absolute atomic E-state index is 0.00214. The number of carbonyl (C=O) groups is 1. The number of azo groups is 2. The van der Waals surface area contributed by atoms with Gasteiger partial charge in [-0.3, -0.25) is 14.7 Å². The van der Waals surface area contributed by atoms with E-state index in [1.165, 1.54) is 16.5 Å². The van der Waals surface area contributed by atoms with Crippen LogP contribution in [0.4, 0.5) is 22.7 Å². The molecule has 5 rings (SSSR count). The van der Waals surface area contributed by atoms with Crippen molar-refractivity contribution in [2.24, 2.45) is 26.4 Å². The summed E-state index contributed by atoms with van der Waals surface area (Å²) in [6.07, 6.45) is 3.22. The zero-order valence-electron chi connectivity index (χ0n) is 25.9. The summed E-state index contributed by atoms with van der Waals surface area (Å²) in [5.74, 6) is 1.17. The van der Waals surface area contributed by atoms with E-state index in [2.05, 4.69) is 52.4 Å². The molecule has 10 heteroatoms. The van der Waals surface area contributed by atoms with Crippen molar-refractivity contribution in [2.75, 3.05) is 6.61 Å². The molecule has 0 aliphatic rings. The van der Waals surface area contributed by atoms with Gasteiger partial charge in [0.05, 0.1) is 34.2 Å². The number of aromatic amines is 1. The Morgan fingerprint density at radius 1 is 0.844 bits per heavy atom. The standard InChI is InChI=1S/C35H36N6O3S/c1-5-6-7-31-20-21-32(45-31)33-34(35(43)41(40-33)29-16-18-30(19-17-29)44-22-23(2)3)39-38-28-14-12-27(13-15-28)37-36-26-10-8-25(9-11-26)24(4)42/h8-21,23,40H,5-7,22H2,1-4H3. The van der Waals surface area contributed by atoms with E-state index in [9.17, 15) is 9.59 Å². The number of nitrogens with one attached hydrogen (secondary N) is 1. The van der Waals surface area contributed by atoms with Gasteiger partial charge in [0.15, 0.2) is 11.5 Å². The van der Waals surface area contributed by atoms with Gasteiger partial charge < -0.3 is 4.74 Å². The molecule has 0 aliphatic heterocycles. The third-order valence-electron chi connectivity index (χ3n) is 6.90. The summed E-state index contributed by atoms with van der Waals surface area (Å²) in [6, 6.07) is 25.6. The monoisotopic (exact) mass is 620 g/mol. The minimum Gasteiger partial charge on any atom is -0.493 e. The first kappa shape index (κ1) is 31.5. The van der Waals surface area contributed by atoms with E-state index in [1.807, 2.05) is 30.3 Å². The highest BCUT2D eigenvalue weighted by Gasteiger charge is 2.19. The first-order valence-corrected chi connectivity index (χ1v) is 15.8. The number of Topliss-reactive ketones (excluding diaryl/α,β-unsaturated/α-hetero) is 1. The molecule has 0 atom stereocenters. The van der Waals surface area contributed by atoms with Crippen LogP contribution >= 0.6 is 11.3 Å². The van der Waals surface area contributed by atoms with Crippen molar-refractivity contribution in [3.63, 3.8) is 0 Å². The molecular formula is C35H36N6O3S. The molecule has 0 fully saturated rings. The van der Waals surface area contributed by atoms with Crippen molar-refractivity contribution in [2.45, 2.75) is 47.0 Å². The van der Waals surface area contributed by atoms with Gasteiger partial charge in [-0.05, 0) is 111 Å². The van der Waals surface area contributed by atoms with Crippen molar-refractivity contribution in [1.82, 2.24) is 9.78 Å². The van der Waals surface area contributed by atoms with Crippen LogP contribution in [0.1, 0.15) is 55.8 Å². The van der Waals surface area contributed by atoms with Gasteiger partial charge in [-0.1, -0.05) is 27.2 Å². The number of H-pyrrole nitrogens is 1. The maximum atomic E-state index is 13.7. The van der Waals surface area contributed by atoms with Crippen LogP contribution in [0.25, 0.3) is 16.3 Å². The number of aryl methyl sites for hydroxylation is 1. The lowest BCUT2D eigenvalue weighted by atomic mass is 10.1. The van der Waals surface area contributed by atoms with Crippen molar-refractivity contribution >= 4 is 39.9 Å². The van der Waals surface area contributed by atoms with Crippen molar-refractivity contribution in [3.8, 4) is 22.0 Å². The van der Waals surface area contributed by atoms with Gasteiger partial charge in [-0.15, -0.1) is 16.5 Å². The van der Waals surface area contributed by atoms with Crippen LogP contribution < -0.4 is 10.3 Å². The fourth-order valence-electron chi connectivity index (χ4n) is 4.40. The van der Waals surface area contributed by atoms with Gasteiger partial charge in [0, 0.05) is 10.4 Å². The van der Waals surface area contributed by atoms with E-state index in [0.29, 0.717) is 46.5 Å². The smallest absolute Gasteiger partial charge is 0.299 e. The number of unbranched alkanes of at least 4 members (excludes halogenated alkanes) is 1. The molecule has 0 unspecified atom stereocenters. The summed E-state index contributed by atoms with van der Waals surface area (Å²) < 4.78 is 7.31. The largest absolute Gasteiger partial charge is 0.493 e. The van der Waals surface area contributed by atoms with E-state index in [4.69, 9.17) is 4.74 Å². The third kappa shape index (κ3) is 8.16.